The van der Waals surface area contributed by atoms with Gasteiger partial charge in [0.1, 0.15) is 11.9 Å². The van der Waals surface area contributed by atoms with Crippen molar-refractivity contribution in [3.05, 3.63) is 77.3 Å². The minimum atomic E-state index is -4.69. The van der Waals surface area contributed by atoms with Crippen molar-refractivity contribution in [1.29, 1.82) is 5.41 Å². The van der Waals surface area contributed by atoms with Gasteiger partial charge in [0.05, 0.1) is 50.7 Å². The quantitative estimate of drug-likeness (QED) is 0.0830. The molecule has 1 aliphatic carbocycles. The topological polar surface area (TPSA) is 164 Å². The summed E-state index contributed by atoms with van der Waals surface area (Å²) in [6.07, 6.45) is 6.22. The van der Waals surface area contributed by atoms with Crippen LogP contribution in [0.15, 0.2) is 70.3 Å². The van der Waals surface area contributed by atoms with Gasteiger partial charge in [-0.05, 0) is 55.9 Å². The SMILES string of the molecule is CCC(C)C.CN=CC(=N)c1cc(C(F)(F)F)nn1CC(C)(C)NC(=O)C(CC1=CCC[N+](C)(C)C1)NC(=O)C1CC1.CN=Cc1cc(-c2ccccc2)cnc1N. The Bertz CT molecular complexity index is 1930. The van der Waals surface area contributed by atoms with Crippen molar-refractivity contribution in [2.24, 2.45) is 21.8 Å². The Balaban J connectivity index is 0.000000351. The monoisotopic (exact) mass is 808 g/mol. The molecule has 12 nitrogen and oxygen atoms in total. The van der Waals surface area contributed by atoms with Crippen LogP contribution in [0.3, 0.4) is 0 Å². The zero-order valence-corrected chi connectivity index (χ0v) is 35.5. The van der Waals surface area contributed by atoms with E-state index in [-0.39, 0.29) is 29.8 Å². The van der Waals surface area contributed by atoms with E-state index < -0.39 is 29.4 Å². The third kappa shape index (κ3) is 15.3. The zero-order chi connectivity index (χ0) is 43.3. The Labute approximate surface area is 341 Å². The van der Waals surface area contributed by atoms with Gasteiger partial charge in [0.2, 0.25) is 11.8 Å². The number of carbonyl (C=O) groups is 2. The number of nitrogens with zero attached hydrogens (tertiary/aromatic N) is 6. The van der Waals surface area contributed by atoms with Crippen LogP contribution in [0, 0.1) is 17.2 Å². The summed E-state index contributed by atoms with van der Waals surface area (Å²) in [5, 5.41) is 17.5. The summed E-state index contributed by atoms with van der Waals surface area (Å²) >= 11 is 0. The number of likely N-dealkylation sites (N-methyl/N-ethyl adjacent to an activating group) is 1. The van der Waals surface area contributed by atoms with E-state index in [2.05, 4.69) is 71.6 Å². The number of nitrogen functional groups attached to an aromatic ring is 1. The van der Waals surface area contributed by atoms with E-state index in [1.165, 1.54) is 13.5 Å². The number of halogens is 3. The van der Waals surface area contributed by atoms with Gasteiger partial charge >= 0.3 is 6.18 Å². The maximum absolute atomic E-state index is 13.4. The summed E-state index contributed by atoms with van der Waals surface area (Å²) in [6.45, 7) is 11.6. The van der Waals surface area contributed by atoms with Crippen molar-refractivity contribution >= 4 is 35.8 Å². The van der Waals surface area contributed by atoms with Gasteiger partial charge < -0.3 is 20.9 Å². The molecular formula is C43H62F3N10O2+. The molecule has 0 bridgehead atoms. The van der Waals surface area contributed by atoms with Crippen LogP contribution >= 0.6 is 0 Å². The molecule has 0 saturated heterocycles. The summed E-state index contributed by atoms with van der Waals surface area (Å²) in [4.78, 5) is 37.8. The number of benzene rings is 1. The summed E-state index contributed by atoms with van der Waals surface area (Å²) in [7, 11) is 7.37. The van der Waals surface area contributed by atoms with Crippen molar-refractivity contribution in [3.8, 4) is 11.1 Å². The summed E-state index contributed by atoms with van der Waals surface area (Å²) in [5.41, 5.74) is 7.40. The molecule has 0 spiro atoms. The highest BCUT2D eigenvalue weighted by atomic mass is 19.4. The van der Waals surface area contributed by atoms with Crippen molar-refractivity contribution in [1.82, 2.24) is 25.4 Å². The van der Waals surface area contributed by atoms with Crippen LogP contribution in [0.5, 0.6) is 0 Å². The van der Waals surface area contributed by atoms with Crippen LogP contribution in [0.1, 0.15) is 83.7 Å². The highest BCUT2D eigenvalue weighted by Gasteiger charge is 2.38. The second-order valence-electron chi connectivity index (χ2n) is 16.5. The molecular weight excluding hydrogens is 746 g/mol. The number of nitrogens with one attached hydrogen (secondary N) is 3. The number of aromatic nitrogens is 3. The molecule has 1 aliphatic heterocycles. The minimum absolute atomic E-state index is 0.0637. The number of rotatable bonds is 13. The first-order valence-corrected chi connectivity index (χ1v) is 19.7. The average molecular weight is 808 g/mol. The van der Waals surface area contributed by atoms with E-state index in [4.69, 9.17) is 11.1 Å². The molecule has 2 aliphatic rings. The van der Waals surface area contributed by atoms with Gasteiger partial charge in [0, 0.05) is 62.6 Å². The number of nitrogens with two attached hydrogens (primary N) is 1. The minimum Gasteiger partial charge on any atom is -0.383 e. The zero-order valence-electron chi connectivity index (χ0n) is 35.5. The highest BCUT2D eigenvalue weighted by Crippen LogP contribution is 2.30. The van der Waals surface area contributed by atoms with E-state index in [0.717, 1.165) is 82.0 Å². The summed E-state index contributed by atoms with van der Waals surface area (Å²) in [5.74, 6) is 0.750. The number of hydrogen-bond acceptors (Lipinski definition) is 8. The number of pyridine rings is 1. The number of anilines is 1. The standard InChI is InChI=1S/C25H36F3N7O2.C13H13N3.C5H12/c1-24(2,15-34-20(18(29)13-30-3)12-21(33-34)25(26,27)28)32-23(37)19(31-22(36)17-8-9-17)11-16-7-6-10-35(4,5)14-16;1-15-8-12-7-11(9-16-13(12)14)10-5-3-2-4-6-10;1-4-5(2)3/h7,12-13,17,19,29H,6,8-11,14-15H2,1-5H3,(H-,31,32,36,37);2-9H,1H3,(H2,14,16);5H,4H2,1-3H3/p+1. The first kappa shape index (κ1) is 47.2. The van der Waals surface area contributed by atoms with Gasteiger partial charge in [-0.15, -0.1) is 0 Å². The molecule has 58 heavy (non-hydrogen) atoms. The molecule has 316 valence electrons. The number of aliphatic imine (C=N–C) groups is 2. The van der Waals surface area contributed by atoms with Gasteiger partial charge in [0.15, 0.2) is 5.69 Å². The van der Waals surface area contributed by atoms with Crippen LogP contribution in [0.4, 0.5) is 19.0 Å². The van der Waals surface area contributed by atoms with Crippen LogP contribution < -0.4 is 16.4 Å². The summed E-state index contributed by atoms with van der Waals surface area (Å²) < 4.78 is 41.9. The van der Waals surface area contributed by atoms with Crippen LogP contribution in [0.25, 0.3) is 11.1 Å². The van der Waals surface area contributed by atoms with Gasteiger partial charge in [-0.2, -0.15) is 18.3 Å². The first-order valence-electron chi connectivity index (χ1n) is 19.7. The molecule has 1 atom stereocenters. The lowest BCUT2D eigenvalue weighted by atomic mass is 9.98. The fourth-order valence-corrected chi connectivity index (χ4v) is 6.01. The van der Waals surface area contributed by atoms with Crippen LogP contribution in [0.2, 0.25) is 0 Å². The van der Waals surface area contributed by atoms with Gasteiger partial charge in [-0.1, -0.05) is 63.6 Å². The lowest BCUT2D eigenvalue weighted by Crippen LogP contribution is -2.55. The number of hydrogen-bond donors (Lipinski definition) is 4. The second-order valence-corrected chi connectivity index (χ2v) is 16.5. The number of alkyl halides is 3. The maximum atomic E-state index is 13.4. The lowest BCUT2D eigenvalue weighted by molar-refractivity contribution is -0.887. The van der Waals surface area contributed by atoms with Crippen molar-refractivity contribution in [3.63, 3.8) is 0 Å². The molecule has 1 unspecified atom stereocenters. The van der Waals surface area contributed by atoms with E-state index in [9.17, 15) is 22.8 Å². The fourth-order valence-electron chi connectivity index (χ4n) is 6.01. The maximum Gasteiger partial charge on any atom is 0.435 e. The number of quaternary nitrogens is 1. The van der Waals surface area contributed by atoms with Crippen molar-refractivity contribution in [2.75, 3.05) is 47.0 Å². The lowest BCUT2D eigenvalue weighted by Gasteiger charge is -2.35. The third-order valence-corrected chi connectivity index (χ3v) is 9.60. The van der Waals surface area contributed by atoms with Crippen LogP contribution in [-0.4, -0.2) is 102 Å². The summed E-state index contributed by atoms with van der Waals surface area (Å²) in [6, 6.07) is 12.1. The van der Waals surface area contributed by atoms with Gasteiger partial charge in [-0.3, -0.25) is 29.7 Å². The highest BCUT2D eigenvalue weighted by molar-refractivity contribution is 6.36. The third-order valence-electron chi connectivity index (χ3n) is 9.60. The van der Waals surface area contributed by atoms with Crippen molar-refractivity contribution < 1.29 is 27.2 Å². The molecule has 1 fully saturated rings. The van der Waals surface area contributed by atoms with E-state index in [1.807, 2.05) is 36.4 Å². The molecule has 1 saturated carbocycles. The Morgan fingerprint density at radius 2 is 1.74 bits per heavy atom. The molecule has 2 aromatic heterocycles. The average Bonchev–Trinajstić information content (AvgIpc) is 3.92. The number of carbonyl (C=O) groups excluding carboxylic acids is 2. The van der Waals surface area contributed by atoms with Gasteiger partial charge in [0.25, 0.3) is 0 Å². The van der Waals surface area contributed by atoms with E-state index in [1.54, 1.807) is 33.3 Å². The Hall–Kier alpha value is -5.18. The molecule has 3 heterocycles. The molecule has 3 aromatic rings. The molecule has 5 N–H and O–H groups in total. The molecule has 2 amide bonds. The van der Waals surface area contributed by atoms with Crippen molar-refractivity contribution in [2.45, 2.75) is 91.0 Å². The first-order chi connectivity index (χ1) is 27.2. The van der Waals surface area contributed by atoms with Gasteiger partial charge in [-0.25, -0.2) is 4.98 Å². The molecule has 5 rings (SSSR count). The Morgan fingerprint density at radius 1 is 1.09 bits per heavy atom. The Kier molecular flexibility index (Phi) is 17.1. The normalized spacial score (nSPS) is 15.8. The smallest absolute Gasteiger partial charge is 0.383 e. The predicted octanol–water partition coefficient (Wildman–Crippen LogP) is 6.99. The predicted molar refractivity (Wildman–Crippen MR) is 227 cm³/mol. The van der Waals surface area contributed by atoms with E-state index in [0.29, 0.717) is 12.2 Å². The molecule has 15 heteroatoms. The largest absolute Gasteiger partial charge is 0.435 e. The fraction of sp³-hybridized carbons (Fsp3) is 0.512. The second kappa shape index (κ2) is 21.0. The van der Waals surface area contributed by atoms with E-state index >= 15 is 0 Å². The molecule has 0 radical (unpaired) electrons. The Morgan fingerprint density at radius 3 is 2.29 bits per heavy atom. The number of amides is 2. The van der Waals surface area contributed by atoms with Crippen LogP contribution in [-0.2, 0) is 22.3 Å². The molecule has 1 aromatic carbocycles.